The minimum absolute atomic E-state index is 0.111. The number of nitrogens with two attached hydrogens (primary N) is 1. The van der Waals surface area contributed by atoms with Crippen LogP contribution < -0.4 is 21.7 Å². The van der Waals surface area contributed by atoms with Crippen LogP contribution in [0.1, 0.15) is 92.9 Å². The lowest BCUT2D eigenvalue weighted by Crippen LogP contribution is -2.59. The number of carbonyl (C=O) groups is 5. The van der Waals surface area contributed by atoms with E-state index in [1.807, 2.05) is 20.8 Å². The van der Waals surface area contributed by atoms with Gasteiger partial charge in [0.25, 0.3) is 0 Å². The molecule has 2 aliphatic carbocycles. The van der Waals surface area contributed by atoms with Crippen molar-refractivity contribution in [3.8, 4) is 0 Å². The van der Waals surface area contributed by atoms with Crippen LogP contribution in [-0.2, 0) is 23.9 Å². The molecule has 11 heteroatoms. The van der Waals surface area contributed by atoms with Crippen molar-refractivity contribution < 1.29 is 28.7 Å². The molecule has 4 fully saturated rings. The predicted octanol–water partition coefficient (Wildman–Crippen LogP) is 1.73. The van der Waals surface area contributed by atoms with E-state index in [0.29, 0.717) is 19.4 Å². The molecule has 2 saturated heterocycles. The Morgan fingerprint density at radius 3 is 2.15 bits per heavy atom. The smallest absolute Gasteiger partial charge is 0.408 e. The lowest BCUT2D eigenvalue weighted by molar-refractivity contribution is -0.142. The zero-order valence-electron chi connectivity index (χ0n) is 24.1. The highest BCUT2D eigenvalue weighted by atomic mass is 16.6. The molecule has 4 rings (SSSR count). The minimum atomic E-state index is -1.02. The molecular weight excluding hydrogens is 502 g/mol. The van der Waals surface area contributed by atoms with E-state index in [1.54, 1.807) is 25.7 Å². The molecule has 2 saturated carbocycles. The molecule has 0 aromatic rings. The van der Waals surface area contributed by atoms with E-state index < -0.39 is 53.0 Å². The van der Waals surface area contributed by atoms with Crippen molar-refractivity contribution in [2.45, 2.75) is 122 Å². The summed E-state index contributed by atoms with van der Waals surface area (Å²) in [5.74, 6) is -2.03. The molecular formula is C28H45N5O6. The van der Waals surface area contributed by atoms with Crippen molar-refractivity contribution in [1.82, 2.24) is 20.9 Å². The molecule has 2 aliphatic heterocycles. The van der Waals surface area contributed by atoms with Crippen molar-refractivity contribution in [3.05, 3.63) is 0 Å². The Hall–Kier alpha value is -2.85. The maximum absolute atomic E-state index is 14.0. The normalized spacial score (nSPS) is 26.4. The van der Waals surface area contributed by atoms with Crippen LogP contribution in [0.15, 0.2) is 0 Å². The molecule has 0 radical (unpaired) electrons. The quantitative estimate of drug-likeness (QED) is 0.380. The van der Waals surface area contributed by atoms with Gasteiger partial charge in [0.2, 0.25) is 23.6 Å². The summed E-state index contributed by atoms with van der Waals surface area (Å²) in [6.45, 7) is 11.2. The molecule has 11 nitrogen and oxygen atoms in total. The second-order valence-electron chi connectivity index (χ2n) is 14.4. The van der Waals surface area contributed by atoms with Crippen LogP contribution in [-0.4, -0.2) is 70.4 Å². The van der Waals surface area contributed by atoms with Gasteiger partial charge in [0.05, 0.1) is 0 Å². The van der Waals surface area contributed by atoms with Crippen LogP contribution in [0.25, 0.3) is 0 Å². The lowest BCUT2D eigenvalue weighted by atomic mass is 9.67. The van der Waals surface area contributed by atoms with E-state index >= 15 is 0 Å². The van der Waals surface area contributed by atoms with E-state index in [1.165, 1.54) is 0 Å². The molecule has 5 N–H and O–H groups in total. The summed E-state index contributed by atoms with van der Waals surface area (Å²) in [6.07, 6.45) is 5.23. The van der Waals surface area contributed by atoms with Gasteiger partial charge in [-0.3, -0.25) is 19.2 Å². The molecule has 4 aliphatic rings. The number of alkyl carbamates (subject to hydrolysis) is 1. The Balaban J connectivity index is 1.50. The Morgan fingerprint density at radius 1 is 1.05 bits per heavy atom. The van der Waals surface area contributed by atoms with E-state index in [9.17, 15) is 24.0 Å². The highest BCUT2D eigenvalue weighted by molar-refractivity contribution is 5.95. The van der Waals surface area contributed by atoms with E-state index in [2.05, 4.69) is 16.0 Å². The summed E-state index contributed by atoms with van der Waals surface area (Å²) in [5.41, 5.74) is 3.96. The van der Waals surface area contributed by atoms with E-state index in [4.69, 9.17) is 10.5 Å². The van der Waals surface area contributed by atoms with Crippen molar-refractivity contribution >= 4 is 29.7 Å². The van der Waals surface area contributed by atoms with Gasteiger partial charge in [0.1, 0.15) is 23.7 Å². The third kappa shape index (κ3) is 6.49. The van der Waals surface area contributed by atoms with Crippen LogP contribution in [0.2, 0.25) is 0 Å². The number of carbonyl (C=O) groups excluding carboxylic acids is 5. The molecule has 0 bridgehead atoms. The number of amides is 5. The fraction of sp³-hybridized carbons (Fsp3) is 0.821. The van der Waals surface area contributed by atoms with Gasteiger partial charge >= 0.3 is 6.09 Å². The minimum Gasteiger partial charge on any atom is -0.444 e. The number of ether oxygens (including phenoxy) is 1. The van der Waals surface area contributed by atoms with Gasteiger partial charge in [-0.2, -0.15) is 0 Å². The summed E-state index contributed by atoms with van der Waals surface area (Å²) in [4.78, 5) is 66.7. The second kappa shape index (κ2) is 9.96. The summed E-state index contributed by atoms with van der Waals surface area (Å²) < 4.78 is 5.41. The third-order valence-corrected chi connectivity index (χ3v) is 8.71. The first-order valence-corrected chi connectivity index (χ1v) is 14.1. The number of primary amides is 1. The topological polar surface area (TPSA) is 160 Å². The molecule has 1 unspecified atom stereocenters. The van der Waals surface area contributed by atoms with Crippen LogP contribution in [0.5, 0.6) is 0 Å². The first-order valence-electron chi connectivity index (χ1n) is 14.1. The van der Waals surface area contributed by atoms with Gasteiger partial charge in [-0.15, -0.1) is 0 Å². The van der Waals surface area contributed by atoms with Gasteiger partial charge in [0, 0.05) is 18.0 Å². The van der Waals surface area contributed by atoms with Gasteiger partial charge in [-0.25, -0.2) is 4.79 Å². The Bertz CT molecular complexity index is 1040. The zero-order valence-corrected chi connectivity index (χ0v) is 24.1. The molecule has 5 amide bonds. The highest BCUT2D eigenvalue weighted by Crippen LogP contribution is 2.51. The van der Waals surface area contributed by atoms with Crippen molar-refractivity contribution in [2.75, 3.05) is 6.54 Å². The van der Waals surface area contributed by atoms with Gasteiger partial charge < -0.3 is 31.3 Å². The monoisotopic (exact) mass is 547 g/mol. The average molecular weight is 548 g/mol. The lowest BCUT2D eigenvalue weighted by Gasteiger charge is -2.39. The summed E-state index contributed by atoms with van der Waals surface area (Å²) in [6, 6.07) is -2.76. The van der Waals surface area contributed by atoms with E-state index in [0.717, 1.165) is 32.1 Å². The summed E-state index contributed by atoms with van der Waals surface area (Å²) >= 11 is 0. The van der Waals surface area contributed by atoms with Gasteiger partial charge in [-0.1, -0.05) is 27.2 Å². The number of likely N-dealkylation sites (tertiary alicyclic amines) is 1. The number of nitrogens with zero attached hydrogens (tertiary/aromatic N) is 1. The Kier molecular flexibility index (Phi) is 7.44. The standard InChI is InChI=1S/C28H45N5O6/c1-25(2,3)19(31-24(38)39-26(4,5)6)23(37)33-15-27(8-7-9-27)14-18(33)22(36)30-17(20(29)34)12-16-13-28(10-11-28)32-21(16)35/h16-19H,7-15H2,1-6H3,(H2,29,34)(H,30,36)(H,31,38)(H,32,35)/t16-,17+,18?,19-/m1/s1. The second-order valence-corrected chi connectivity index (χ2v) is 14.4. The van der Waals surface area contributed by atoms with Crippen molar-refractivity contribution in [1.29, 1.82) is 0 Å². The molecule has 218 valence electrons. The molecule has 2 spiro atoms. The fourth-order valence-electron chi connectivity index (χ4n) is 6.25. The van der Waals surface area contributed by atoms with E-state index in [-0.39, 0.29) is 29.2 Å². The van der Waals surface area contributed by atoms with Crippen molar-refractivity contribution in [3.63, 3.8) is 0 Å². The van der Waals surface area contributed by atoms with Crippen molar-refractivity contribution in [2.24, 2.45) is 22.5 Å². The largest absolute Gasteiger partial charge is 0.444 e. The van der Waals surface area contributed by atoms with Gasteiger partial charge in [-0.05, 0) is 76.5 Å². The predicted molar refractivity (Wildman–Crippen MR) is 143 cm³/mol. The maximum atomic E-state index is 14.0. The Labute approximate surface area is 230 Å². The third-order valence-electron chi connectivity index (χ3n) is 8.71. The average Bonchev–Trinajstić information content (AvgIpc) is 3.25. The SMILES string of the molecule is CC(C)(C)OC(=O)N[C@H](C(=O)N1CC2(CCC2)CC1C(=O)N[C@@H](C[C@@H]1CC2(CC2)NC1=O)C(N)=O)C(C)(C)C. The highest BCUT2D eigenvalue weighted by Gasteiger charge is 2.55. The molecule has 0 aromatic heterocycles. The summed E-state index contributed by atoms with van der Waals surface area (Å²) in [5, 5.41) is 8.52. The van der Waals surface area contributed by atoms with Crippen LogP contribution in [0, 0.1) is 16.7 Å². The number of hydrogen-bond donors (Lipinski definition) is 4. The first kappa shape index (κ1) is 29.1. The van der Waals surface area contributed by atoms with Crippen LogP contribution in [0.4, 0.5) is 4.79 Å². The summed E-state index contributed by atoms with van der Waals surface area (Å²) in [7, 11) is 0. The van der Waals surface area contributed by atoms with Crippen LogP contribution in [0.3, 0.4) is 0 Å². The molecule has 39 heavy (non-hydrogen) atoms. The van der Waals surface area contributed by atoms with Gasteiger partial charge in [0.15, 0.2) is 0 Å². The molecule has 4 atom stereocenters. The zero-order chi connectivity index (χ0) is 29.0. The number of nitrogens with one attached hydrogen (secondary N) is 3. The van der Waals surface area contributed by atoms with Crippen LogP contribution >= 0.6 is 0 Å². The number of hydrogen-bond acceptors (Lipinski definition) is 6. The number of rotatable bonds is 7. The maximum Gasteiger partial charge on any atom is 0.408 e. The molecule has 0 aromatic carbocycles. The Morgan fingerprint density at radius 2 is 1.69 bits per heavy atom. The first-order chi connectivity index (χ1) is 17.9. The fourth-order valence-corrected chi connectivity index (χ4v) is 6.25. The molecule has 2 heterocycles.